The van der Waals surface area contributed by atoms with Gasteiger partial charge in [-0.1, -0.05) is 111 Å². The second-order valence-electron chi connectivity index (χ2n) is 8.71. The number of unbranched alkanes of at least 4 members (excludes halogenated alkanes) is 14. The molecule has 0 aliphatic rings. The molecule has 0 saturated heterocycles. The standard InChI is InChI=1S/C25H52N2O/c1-5-8-9-10-11-12-13-14-15-16-17-18-19-20-21-22-25(28)27(23(4)26)24(6-2)7-3/h23-24H,5-22,26H2,1-4H3. The van der Waals surface area contributed by atoms with Gasteiger partial charge in [0.05, 0.1) is 6.17 Å². The van der Waals surface area contributed by atoms with Crippen molar-refractivity contribution < 1.29 is 4.79 Å². The summed E-state index contributed by atoms with van der Waals surface area (Å²) in [7, 11) is 0. The van der Waals surface area contributed by atoms with E-state index in [9.17, 15) is 4.79 Å². The van der Waals surface area contributed by atoms with Crippen molar-refractivity contribution in [2.45, 2.75) is 155 Å². The predicted molar refractivity (Wildman–Crippen MR) is 124 cm³/mol. The Kier molecular flexibility index (Phi) is 19.3. The number of hydrogen-bond donors (Lipinski definition) is 1. The molecule has 0 radical (unpaired) electrons. The van der Waals surface area contributed by atoms with Gasteiger partial charge in [-0.25, -0.2) is 0 Å². The first-order chi connectivity index (χ1) is 13.6. The average Bonchev–Trinajstić information content (AvgIpc) is 2.68. The van der Waals surface area contributed by atoms with Crippen molar-refractivity contribution in [3.05, 3.63) is 0 Å². The summed E-state index contributed by atoms with van der Waals surface area (Å²) in [5, 5.41) is 0. The normalized spacial score (nSPS) is 12.5. The Morgan fingerprint density at radius 1 is 0.679 bits per heavy atom. The lowest BCUT2D eigenvalue weighted by molar-refractivity contribution is -0.136. The van der Waals surface area contributed by atoms with Gasteiger partial charge in [0.15, 0.2) is 0 Å². The molecule has 0 saturated carbocycles. The highest BCUT2D eigenvalue weighted by Crippen LogP contribution is 2.16. The topological polar surface area (TPSA) is 46.3 Å². The van der Waals surface area contributed by atoms with E-state index >= 15 is 0 Å². The summed E-state index contributed by atoms with van der Waals surface area (Å²) in [4.78, 5) is 14.4. The zero-order valence-corrected chi connectivity index (χ0v) is 19.8. The van der Waals surface area contributed by atoms with Gasteiger partial charge in [-0.3, -0.25) is 4.79 Å². The molecule has 3 nitrogen and oxygen atoms in total. The fourth-order valence-electron chi connectivity index (χ4n) is 4.22. The van der Waals surface area contributed by atoms with Gasteiger partial charge < -0.3 is 10.6 Å². The van der Waals surface area contributed by atoms with Gasteiger partial charge in [-0.15, -0.1) is 0 Å². The van der Waals surface area contributed by atoms with Crippen LogP contribution in [0.2, 0.25) is 0 Å². The van der Waals surface area contributed by atoms with Crippen LogP contribution in [0, 0.1) is 0 Å². The number of nitrogens with zero attached hydrogens (tertiary/aromatic N) is 1. The van der Waals surface area contributed by atoms with E-state index in [4.69, 9.17) is 5.73 Å². The van der Waals surface area contributed by atoms with E-state index in [0.717, 1.165) is 19.3 Å². The average molecular weight is 397 g/mol. The van der Waals surface area contributed by atoms with Crippen molar-refractivity contribution in [3.63, 3.8) is 0 Å². The van der Waals surface area contributed by atoms with Gasteiger partial charge in [0.1, 0.15) is 0 Å². The molecule has 0 heterocycles. The van der Waals surface area contributed by atoms with Crippen LogP contribution in [-0.4, -0.2) is 23.0 Å². The summed E-state index contributed by atoms with van der Waals surface area (Å²) in [5.41, 5.74) is 6.05. The molecule has 168 valence electrons. The lowest BCUT2D eigenvalue weighted by Crippen LogP contribution is -2.49. The van der Waals surface area contributed by atoms with Crippen LogP contribution in [0.15, 0.2) is 0 Å². The first-order valence-corrected chi connectivity index (χ1v) is 12.6. The largest absolute Gasteiger partial charge is 0.325 e. The highest BCUT2D eigenvalue weighted by atomic mass is 16.2. The van der Waals surface area contributed by atoms with Gasteiger partial charge in [0.25, 0.3) is 0 Å². The number of carbonyl (C=O) groups excluding carboxylic acids is 1. The van der Waals surface area contributed by atoms with E-state index in [-0.39, 0.29) is 12.1 Å². The lowest BCUT2D eigenvalue weighted by Gasteiger charge is -2.34. The van der Waals surface area contributed by atoms with E-state index in [1.165, 1.54) is 89.9 Å². The third-order valence-electron chi connectivity index (χ3n) is 6.06. The van der Waals surface area contributed by atoms with Crippen LogP contribution in [0.25, 0.3) is 0 Å². The molecule has 28 heavy (non-hydrogen) atoms. The Hall–Kier alpha value is -0.570. The minimum Gasteiger partial charge on any atom is -0.325 e. The highest BCUT2D eigenvalue weighted by Gasteiger charge is 2.23. The maximum atomic E-state index is 12.5. The summed E-state index contributed by atoms with van der Waals surface area (Å²) in [6.45, 7) is 8.50. The molecule has 0 fully saturated rings. The molecule has 0 aliphatic carbocycles. The van der Waals surface area contributed by atoms with Crippen molar-refractivity contribution in [2.75, 3.05) is 0 Å². The number of rotatable bonds is 20. The van der Waals surface area contributed by atoms with Crippen molar-refractivity contribution in [2.24, 2.45) is 5.73 Å². The molecule has 0 aromatic carbocycles. The van der Waals surface area contributed by atoms with Gasteiger partial charge in [-0.05, 0) is 26.2 Å². The molecular weight excluding hydrogens is 344 g/mol. The van der Waals surface area contributed by atoms with Crippen LogP contribution in [0.1, 0.15) is 143 Å². The molecular formula is C25H52N2O. The van der Waals surface area contributed by atoms with E-state index in [0.29, 0.717) is 12.5 Å². The van der Waals surface area contributed by atoms with E-state index in [2.05, 4.69) is 20.8 Å². The fourth-order valence-corrected chi connectivity index (χ4v) is 4.22. The van der Waals surface area contributed by atoms with E-state index in [1.54, 1.807) is 0 Å². The summed E-state index contributed by atoms with van der Waals surface area (Å²) in [6.07, 6.45) is 22.8. The molecule has 0 aromatic rings. The second kappa shape index (κ2) is 19.7. The van der Waals surface area contributed by atoms with Crippen molar-refractivity contribution in [1.29, 1.82) is 0 Å². The summed E-state index contributed by atoms with van der Waals surface area (Å²) < 4.78 is 0. The van der Waals surface area contributed by atoms with Gasteiger partial charge >= 0.3 is 0 Å². The van der Waals surface area contributed by atoms with Crippen molar-refractivity contribution in [3.8, 4) is 0 Å². The first kappa shape index (κ1) is 27.4. The monoisotopic (exact) mass is 396 g/mol. The maximum Gasteiger partial charge on any atom is 0.224 e. The smallest absolute Gasteiger partial charge is 0.224 e. The molecule has 0 bridgehead atoms. The summed E-state index contributed by atoms with van der Waals surface area (Å²) in [5.74, 6) is 0.249. The minimum atomic E-state index is -0.172. The highest BCUT2D eigenvalue weighted by molar-refractivity contribution is 5.76. The molecule has 2 N–H and O–H groups in total. The number of nitrogens with two attached hydrogens (primary N) is 1. The van der Waals surface area contributed by atoms with Gasteiger partial charge in [0, 0.05) is 12.5 Å². The molecule has 0 spiro atoms. The molecule has 0 rings (SSSR count). The third-order valence-corrected chi connectivity index (χ3v) is 6.06. The number of amides is 1. The van der Waals surface area contributed by atoms with Crippen LogP contribution in [0.3, 0.4) is 0 Å². The zero-order chi connectivity index (χ0) is 21.0. The molecule has 0 aromatic heterocycles. The van der Waals surface area contributed by atoms with Gasteiger partial charge in [-0.2, -0.15) is 0 Å². The van der Waals surface area contributed by atoms with Crippen LogP contribution < -0.4 is 5.73 Å². The minimum absolute atomic E-state index is 0.172. The quantitative estimate of drug-likeness (QED) is 0.170. The molecule has 3 heteroatoms. The molecule has 1 atom stereocenters. The Bertz CT molecular complexity index is 339. The summed E-state index contributed by atoms with van der Waals surface area (Å²) >= 11 is 0. The number of carbonyl (C=O) groups is 1. The van der Waals surface area contributed by atoms with Crippen LogP contribution in [0.4, 0.5) is 0 Å². The first-order valence-electron chi connectivity index (χ1n) is 12.6. The Labute approximate surface area is 177 Å². The molecule has 1 unspecified atom stereocenters. The maximum absolute atomic E-state index is 12.5. The van der Waals surface area contributed by atoms with E-state index < -0.39 is 0 Å². The fraction of sp³-hybridized carbons (Fsp3) is 0.960. The molecule has 1 amide bonds. The number of hydrogen-bond acceptors (Lipinski definition) is 2. The Balaban J connectivity index is 3.52. The predicted octanol–water partition coefficient (Wildman–Crippen LogP) is 7.57. The Morgan fingerprint density at radius 3 is 1.36 bits per heavy atom. The van der Waals surface area contributed by atoms with E-state index in [1.807, 2.05) is 11.8 Å². The van der Waals surface area contributed by atoms with Crippen LogP contribution >= 0.6 is 0 Å². The van der Waals surface area contributed by atoms with Crippen molar-refractivity contribution >= 4 is 5.91 Å². The van der Waals surface area contributed by atoms with Gasteiger partial charge in [0.2, 0.25) is 5.91 Å². The Morgan fingerprint density at radius 2 is 1.04 bits per heavy atom. The van der Waals surface area contributed by atoms with Crippen LogP contribution in [-0.2, 0) is 4.79 Å². The summed E-state index contributed by atoms with van der Waals surface area (Å²) in [6, 6.07) is 0.295. The second-order valence-corrected chi connectivity index (χ2v) is 8.71. The van der Waals surface area contributed by atoms with Crippen molar-refractivity contribution in [1.82, 2.24) is 4.90 Å². The SMILES string of the molecule is CCCCCCCCCCCCCCCCCC(=O)N(C(C)N)C(CC)CC. The van der Waals surface area contributed by atoms with Crippen LogP contribution in [0.5, 0.6) is 0 Å². The third kappa shape index (κ3) is 14.4. The zero-order valence-electron chi connectivity index (χ0n) is 19.8. The molecule has 0 aliphatic heterocycles. The lowest BCUT2D eigenvalue weighted by atomic mass is 10.0.